The van der Waals surface area contributed by atoms with E-state index in [0.29, 0.717) is 17.9 Å². The van der Waals surface area contributed by atoms with Crippen molar-refractivity contribution in [1.29, 1.82) is 0 Å². The van der Waals surface area contributed by atoms with E-state index in [9.17, 15) is 9.59 Å². The molecule has 0 aliphatic carbocycles. The van der Waals surface area contributed by atoms with E-state index in [1.54, 1.807) is 12.0 Å². The Morgan fingerprint density at radius 3 is 2.30 bits per heavy atom. The second-order valence-electron chi connectivity index (χ2n) is 9.43. The Morgan fingerprint density at radius 1 is 0.892 bits per heavy atom. The number of carbonyl (C=O) groups is 2. The van der Waals surface area contributed by atoms with Crippen LogP contribution in [-0.4, -0.2) is 42.5 Å². The van der Waals surface area contributed by atoms with Crippen molar-refractivity contribution in [2.75, 3.05) is 13.7 Å². The Bertz CT molecular complexity index is 1180. The van der Waals surface area contributed by atoms with Crippen LogP contribution in [0, 0.1) is 13.8 Å². The van der Waals surface area contributed by atoms with Crippen LogP contribution in [0.3, 0.4) is 0 Å². The molecule has 0 aromatic heterocycles. The molecule has 3 aromatic rings. The molecule has 6 nitrogen and oxygen atoms in total. The van der Waals surface area contributed by atoms with E-state index in [0.717, 1.165) is 28.7 Å². The molecule has 0 aliphatic rings. The lowest BCUT2D eigenvalue weighted by molar-refractivity contribution is -0.143. The predicted molar refractivity (Wildman–Crippen MR) is 147 cm³/mol. The molecule has 37 heavy (non-hydrogen) atoms. The zero-order valence-corrected chi connectivity index (χ0v) is 22.5. The number of rotatable bonds is 12. The number of nitrogens with zero attached hydrogens (tertiary/aromatic N) is 1. The van der Waals surface area contributed by atoms with Crippen molar-refractivity contribution >= 4 is 11.8 Å². The molecular weight excluding hydrogens is 464 g/mol. The third-order valence-corrected chi connectivity index (χ3v) is 6.60. The SMILES string of the molecule is CC[C@@H](C)NC(=O)[C@@H](Cc1ccccc1)N(Cc1cccc(OC)c1)C(=O)COc1ccc(C)c(C)c1. The van der Waals surface area contributed by atoms with Crippen LogP contribution >= 0.6 is 0 Å². The molecular formula is C31H38N2O4. The number of nitrogens with one attached hydrogen (secondary N) is 1. The predicted octanol–water partition coefficient (Wildman–Crippen LogP) is 5.25. The molecule has 0 heterocycles. The first-order chi connectivity index (χ1) is 17.8. The van der Waals surface area contributed by atoms with Gasteiger partial charge in [0.05, 0.1) is 7.11 Å². The van der Waals surface area contributed by atoms with Crippen molar-refractivity contribution in [3.63, 3.8) is 0 Å². The van der Waals surface area contributed by atoms with Crippen LogP contribution in [0.1, 0.15) is 42.5 Å². The second-order valence-corrected chi connectivity index (χ2v) is 9.43. The van der Waals surface area contributed by atoms with Crippen LogP contribution in [-0.2, 0) is 22.6 Å². The molecule has 0 aliphatic heterocycles. The summed E-state index contributed by atoms with van der Waals surface area (Å²) >= 11 is 0. The van der Waals surface area contributed by atoms with Crippen LogP contribution in [0.25, 0.3) is 0 Å². The Balaban J connectivity index is 1.93. The van der Waals surface area contributed by atoms with E-state index in [1.807, 2.05) is 100 Å². The molecule has 0 fully saturated rings. The molecule has 0 radical (unpaired) electrons. The van der Waals surface area contributed by atoms with Gasteiger partial charge in [-0.2, -0.15) is 0 Å². The number of ether oxygens (including phenoxy) is 2. The molecule has 0 spiro atoms. The molecule has 0 bridgehead atoms. The smallest absolute Gasteiger partial charge is 0.261 e. The van der Waals surface area contributed by atoms with E-state index in [1.165, 1.54) is 0 Å². The fraction of sp³-hybridized carbons (Fsp3) is 0.355. The van der Waals surface area contributed by atoms with Crippen LogP contribution in [0.4, 0.5) is 0 Å². The number of benzene rings is 3. The van der Waals surface area contributed by atoms with Crippen molar-refractivity contribution in [3.8, 4) is 11.5 Å². The number of aryl methyl sites for hydroxylation is 2. The minimum atomic E-state index is -0.710. The maximum Gasteiger partial charge on any atom is 0.261 e. The first kappa shape index (κ1) is 27.8. The number of hydrogen-bond acceptors (Lipinski definition) is 4. The Kier molecular flexibility index (Phi) is 10.1. The highest BCUT2D eigenvalue weighted by Gasteiger charge is 2.31. The van der Waals surface area contributed by atoms with Crippen molar-refractivity contribution in [1.82, 2.24) is 10.2 Å². The second kappa shape index (κ2) is 13.5. The fourth-order valence-electron chi connectivity index (χ4n) is 3.99. The van der Waals surface area contributed by atoms with Gasteiger partial charge in [-0.1, -0.05) is 55.5 Å². The average Bonchev–Trinajstić information content (AvgIpc) is 2.91. The Hall–Kier alpha value is -3.80. The molecule has 3 rings (SSSR count). The highest BCUT2D eigenvalue weighted by molar-refractivity contribution is 5.88. The molecule has 6 heteroatoms. The number of hydrogen-bond donors (Lipinski definition) is 1. The third kappa shape index (κ3) is 8.10. The molecule has 1 N–H and O–H groups in total. The van der Waals surface area contributed by atoms with Crippen molar-refractivity contribution in [2.24, 2.45) is 0 Å². The fourth-order valence-corrected chi connectivity index (χ4v) is 3.99. The zero-order valence-electron chi connectivity index (χ0n) is 22.5. The molecule has 0 unspecified atom stereocenters. The van der Waals surface area contributed by atoms with E-state index < -0.39 is 6.04 Å². The van der Waals surface area contributed by atoms with Gasteiger partial charge in [0, 0.05) is 19.0 Å². The summed E-state index contributed by atoms with van der Waals surface area (Å²) < 4.78 is 11.3. The molecule has 2 amide bonds. The number of carbonyl (C=O) groups excluding carboxylic acids is 2. The summed E-state index contributed by atoms with van der Waals surface area (Å²) in [6.45, 7) is 8.10. The summed E-state index contributed by atoms with van der Waals surface area (Å²) in [5, 5.41) is 3.08. The van der Waals surface area contributed by atoms with Crippen molar-refractivity contribution in [2.45, 2.75) is 59.2 Å². The van der Waals surface area contributed by atoms with Gasteiger partial charge >= 0.3 is 0 Å². The zero-order chi connectivity index (χ0) is 26.8. The van der Waals surface area contributed by atoms with Crippen molar-refractivity contribution in [3.05, 3.63) is 95.1 Å². The topological polar surface area (TPSA) is 67.9 Å². The maximum atomic E-state index is 13.7. The van der Waals surface area contributed by atoms with E-state index in [-0.39, 0.29) is 31.0 Å². The molecule has 196 valence electrons. The maximum absolute atomic E-state index is 13.7. The largest absolute Gasteiger partial charge is 0.497 e. The van der Waals surface area contributed by atoms with Crippen LogP contribution in [0.5, 0.6) is 11.5 Å². The lowest BCUT2D eigenvalue weighted by Gasteiger charge is -2.32. The summed E-state index contributed by atoms with van der Waals surface area (Å²) in [5.74, 6) is 0.878. The first-order valence-electron chi connectivity index (χ1n) is 12.8. The van der Waals surface area contributed by atoms with Gasteiger partial charge in [0.25, 0.3) is 5.91 Å². The Morgan fingerprint density at radius 2 is 1.62 bits per heavy atom. The van der Waals surface area contributed by atoms with E-state index in [4.69, 9.17) is 9.47 Å². The highest BCUT2D eigenvalue weighted by atomic mass is 16.5. The van der Waals surface area contributed by atoms with Gasteiger partial charge in [-0.05, 0) is 73.7 Å². The van der Waals surface area contributed by atoms with Gasteiger partial charge in [0.15, 0.2) is 6.61 Å². The van der Waals surface area contributed by atoms with E-state index >= 15 is 0 Å². The minimum Gasteiger partial charge on any atom is -0.497 e. The van der Waals surface area contributed by atoms with Gasteiger partial charge in [0.2, 0.25) is 5.91 Å². The summed E-state index contributed by atoms with van der Waals surface area (Å²) in [5.41, 5.74) is 4.09. The lowest BCUT2D eigenvalue weighted by atomic mass is 10.0. The number of amides is 2. The van der Waals surface area contributed by atoms with Gasteiger partial charge in [-0.25, -0.2) is 0 Å². The van der Waals surface area contributed by atoms with Gasteiger partial charge in [-0.3, -0.25) is 9.59 Å². The lowest BCUT2D eigenvalue weighted by Crippen LogP contribution is -2.53. The van der Waals surface area contributed by atoms with Crippen molar-refractivity contribution < 1.29 is 19.1 Å². The molecule has 2 atom stereocenters. The van der Waals surface area contributed by atoms with Crippen LogP contribution < -0.4 is 14.8 Å². The molecule has 0 saturated heterocycles. The molecule has 3 aromatic carbocycles. The average molecular weight is 503 g/mol. The van der Waals surface area contributed by atoms with Gasteiger partial charge in [-0.15, -0.1) is 0 Å². The number of methoxy groups -OCH3 is 1. The summed E-state index contributed by atoms with van der Waals surface area (Å²) in [6, 6.07) is 22.4. The normalized spacial score (nSPS) is 12.4. The monoisotopic (exact) mass is 502 g/mol. The highest BCUT2D eigenvalue weighted by Crippen LogP contribution is 2.20. The standard InChI is InChI=1S/C31H38N2O4/c1-6-24(4)32-31(35)29(19-25-11-8-7-9-12-25)33(20-26-13-10-14-27(18-26)36-5)30(34)21-37-28-16-15-22(2)23(3)17-28/h7-18,24,29H,6,19-21H2,1-5H3,(H,32,35)/t24-,29-/m1/s1. The van der Waals surface area contributed by atoms with Gasteiger partial charge < -0.3 is 19.7 Å². The minimum absolute atomic E-state index is 0.00803. The van der Waals surface area contributed by atoms with E-state index in [2.05, 4.69) is 5.32 Å². The summed E-state index contributed by atoms with van der Waals surface area (Å²) in [7, 11) is 1.61. The third-order valence-electron chi connectivity index (χ3n) is 6.60. The first-order valence-corrected chi connectivity index (χ1v) is 12.8. The molecule has 0 saturated carbocycles. The Labute approximate surface area is 220 Å². The summed E-state index contributed by atoms with van der Waals surface area (Å²) in [4.78, 5) is 28.9. The van der Waals surface area contributed by atoms with Crippen LogP contribution in [0.15, 0.2) is 72.8 Å². The summed E-state index contributed by atoms with van der Waals surface area (Å²) in [6.07, 6.45) is 1.19. The van der Waals surface area contributed by atoms with Gasteiger partial charge in [0.1, 0.15) is 17.5 Å². The quantitative estimate of drug-likeness (QED) is 0.368. The van der Waals surface area contributed by atoms with Crippen LogP contribution in [0.2, 0.25) is 0 Å².